The van der Waals surface area contributed by atoms with Crippen molar-refractivity contribution in [2.45, 2.75) is 18.1 Å². The normalized spacial score (nSPS) is 18.2. The molecule has 0 saturated carbocycles. The molecule has 1 atom stereocenters. The minimum Gasteiger partial charge on any atom is -0.399 e. The van der Waals surface area contributed by atoms with Gasteiger partial charge in [0.1, 0.15) is 0 Å². The monoisotopic (exact) mass is 306 g/mol. The van der Waals surface area contributed by atoms with Crippen LogP contribution in [0.3, 0.4) is 0 Å². The molecule has 0 aromatic heterocycles. The van der Waals surface area contributed by atoms with Gasteiger partial charge in [-0.1, -0.05) is 11.6 Å². The fourth-order valence-corrected chi connectivity index (χ4v) is 3.30. The van der Waals surface area contributed by atoms with Crippen molar-refractivity contribution in [3.05, 3.63) is 28.8 Å². The van der Waals surface area contributed by atoms with Crippen LogP contribution in [0.5, 0.6) is 0 Å². The van der Waals surface area contributed by atoms with Crippen LogP contribution in [0.4, 0.5) is 5.69 Å². The van der Waals surface area contributed by atoms with E-state index in [1.165, 1.54) is 18.6 Å². The number of rotatable bonds is 3. The molecule has 0 radical (unpaired) electrons. The maximum atomic E-state index is 11.9. The average molecular weight is 307 g/mol. The highest BCUT2D eigenvalue weighted by Gasteiger charge is 2.17. The van der Waals surface area contributed by atoms with Gasteiger partial charge in [-0.3, -0.25) is 4.79 Å². The maximum absolute atomic E-state index is 11.9. The summed E-state index contributed by atoms with van der Waals surface area (Å²) >= 11 is 7.89. The van der Waals surface area contributed by atoms with Crippen LogP contribution in [0.2, 0.25) is 5.02 Å². The number of nitrogens with one attached hydrogen (secondary N) is 1. The van der Waals surface area contributed by atoms with E-state index in [1.807, 2.05) is 11.8 Å². The van der Waals surface area contributed by atoms with Gasteiger partial charge >= 0.3 is 0 Å². The Morgan fingerprint density at radius 3 is 2.94 bits per heavy atom. The molecule has 1 saturated heterocycles. The molecule has 1 aromatic carbocycles. The molecule has 6 heteroatoms. The van der Waals surface area contributed by atoms with Crippen molar-refractivity contribution < 1.29 is 4.79 Å². The van der Waals surface area contributed by atoms with E-state index in [1.54, 1.807) is 18.2 Å². The van der Waals surface area contributed by atoms with Crippen LogP contribution in [0.1, 0.15) is 23.2 Å². The van der Waals surface area contributed by atoms with E-state index in [4.69, 9.17) is 17.3 Å². The van der Waals surface area contributed by atoms with Crippen LogP contribution in [-0.2, 0) is 0 Å². The van der Waals surface area contributed by atoms with Gasteiger partial charge in [0.25, 0.3) is 5.91 Å². The minimum absolute atomic E-state index is 0. The Balaban J connectivity index is 0.00000162. The molecular weight excluding hydrogens is 291 g/mol. The second-order valence-electron chi connectivity index (χ2n) is 4.08. The number of carbonyl (C=O) groups is 1. The standard InChI is InChI=1S/C12H15ClN2OS.ClH/c13-11-6-8(14)3-4-10(11)12(16)15-7-9-2-1-5-17-9;/h3-4,6,9H,1-2,5,7,14H2,(H,15,16);1H. The zero-order chi connectivity index (χ0) is 12.3. The smallest absolute Gasteiger partial charge is 0.252 e. The van der Waals surface area contributed by atoms with Crippen LogP contribution in [0.15, 0.2) is 18.2 Å². The Morgan fingerprint density at radius 1 is 1.56 bits per heavy atom. The van der Waals surface area contributed by atoms with Gasteiger partial charge in [-0.15, -0.1) is 12.4 Å². The van der Waals surface area contributed by atoms with Crippen LogP contribution < -0.4 is 11.1 Å². The molecule has 1 aliphatic rings. The lowest BCUT2D eigenvalue weighted by Crippen LogP contribution is -2.29. The first-order valence-corrected chi connectivity index (χ1v) is 7.04. The van der Waals surface area contributed by atoms with E-state index in [0.29, 0.717) is 28.1 Å². The molecule has 1 amide bonds. The van der Waals surface area contributed by atoms with Gasteiger partial charge in [0.2, 0.25) is 0 Å². The molecule has 1 unspecified atom stereocenters. The largest absolute Gasteiger partial charge is 0.399 e. The Hall–Kier alpha value is -0.580. The van der Waals surface area contributed by atoms with E-state index >= 15 is 0 Å². The molecule has 1 heterocycles. The molecule has 3 nitrogen and oxygen atoms in total. The first kappa shape index (κ1) is 15.5. The molecule has 18 heavy (non-hydrogen) atoms. The summed E-state index contributed by atoms with van der Waals surface area (Å²) in [6, 6.07) is 4.95. The third-order valence-corrected chi connectivity index (χ3v) is 4.46. The van der Waals surface area contributed by atoms with Crippen molar-refractivity contribution in [1.29, 1.82) is 0 Å². The minimum atomic E-state index is -0.123. The van der Waals surface area contributed by atoms with Gasteiger partial charge in [-0.25, -0.2) is 0 Å². The summed E-state index contributed by atoms with van der Waals surface area (Å²) < 4.78 is 0. The van der Waals surface area contributed by atoms with Crippen LogP contribution >= 0.6 is 35.8 Å². The predicted octanol–water partition coefficient (Wildman–Crippen LogP) is 2.97. The van der Waals surface area contributed by atoms with Crippen molar-refractivity contribution in [1.82, 2.24) is 5.32 Å². The average Bonchev–Trinajstić information content (AvgIpc) is 2.78. The van der Waals surface area contributed by atoms with E-state index in [9.17, 15) is 4.79 Å². The second kappa shape index (κ2) is 7.12. The number of anilines is 1. The lowest BCUT2D eigenvalue weighted by molar-refractivity contribution is 0.0954. The van der Waals surface area contributed by atoms with Gasteiger partial charge in [0.05, 0.1) is 10.6 Å². The molecule has 0 bridgehead atoms. The van der Waals surface area contributed by atoms with Crippen molar-refractivity contribution in [3.63, 3.8) is 0 Å². The molecule has 0 aliphatic carbocycles. The van der Waals surface area contributed by atoms with Crippen LogP contribution in [-0.4, -0.2) is 23.5 Å². The fourth-order valence-electron chi connectivity index (χ4n) is 1.82. The number of hydrogen-bond acceptors (Lipinski definition) is 3. The zero-order valence-corrected chi connectivity index (χ0v) is 12.2. The summed E-state index contributed by atoms with van der Waals surface area (Å²) in [6.45, 7) is 0.713. The van der Waals surface area contributed by atoms with Crippen molar-refractivity contribution in [2.75, 3.05) is 18.0 Å². The highest BCUT2D eigenvalue weighted by molar-refractivity contribution is 8.00. The topological polar surface area (TPSA) is 55.1 Å². The highest BCUT2D eigenvalue weighted by Crippen LogP contribution is 2.25. The Morgan fingerprint density at radius 2 is 2.33 bits per heavy atom. The first-order valence-electron chi connectivity index (χ1n) is 5.61. The van der Waals surface area contributed by atoms with Gasteiger partial charge in [-0.05, 0) is 36.8 Å². The second-order valence-corrected chi connectivity index (χ2v) is 5.90. The van der Waals surface area contributed by atoms with E-state index in [-0.39, 0.29) is 18.3 Å². The highest BCUT2D eigenvalue weighted by atomic mass is 35.5. The number of amides is 1. The summed E-state index contributed by atoms with van der Waals surface area (Å²) in [6.07, 6.45) is 2.42. The lowest BCUT2D eigenvalue weighted by atomic mass is 10.2. The molecule has 0 spiro atoms. The van der Waals surface area contributed by atoms with Crippen molar-refractivity contribution in [2.24, 2.45) is 0 Å². The molecule has 2 rings (SSSR count). The number of hydrogen-bond donors (Lipinski definition) is 2. The molecular formula is C12H16Cl2N2OS. The summed E-state index contributed by atoms with van der Waals surface area (Å²) in [7, 11) is 0. The number of nitrogen functional groups attached to an aromatic ring is 1. The zero-order valence-electron chi connectivity index (χ0n) is 9.82. The van der Waals surface area contributed by atoms with Crippen LogP contribution in [0, 0.1) is 0 Å². The van der Waals surface area contributed by atoms with Crippen molar-refractivity contribution in [3.8, 4) is 0 Å². The van der Waals surface area contributed by atoms with Gasteiger partial charge in [-0.2, -0.15) is 11.8 Å². The van der Waals surface area contributed by atoms with Gasteiger partial charge < -0.3 is 11.1 Å². The van der Waals surface area contributed by atoms with Crippen LogP contribution in [0.25, 0.3) is 0 Å². The van der Waals surface area contributed by atoms with E-state index < -0.39 is 0 Å². The SMILES string of the molecule is Cl.Nc1ccc(C(=O)NCC2CCCS2)c(Cl)c1. The van der Waals surface area contributed by atoms with E-state index in [2.05, 4.69) is 5.32 Å². The number of carbonyl (C=O) groups excluding carboxylic acids is 1. The number of halogens is 2. The summed E-state index contributed by atoms with van der Waals surface area (Å²) in [5.41, 5.74) is 6.64. The molecule has 3 N–H and O–H groups in total. The third kappa shape index (κ3) is 3.97. The Bertz CT molecular complexity index is 423. The van der Waals surface area contributed by atoms with Crippen molar-refractivity contribution >= 4 is 47.4 Å². The Labute approximate surface area is 122 Å². The van der Waals surface area contributed by atoms with Gasteiger partial charge in [0, 0.05) is 17.5 Å². The predicted molar refractivity (Wildman–Crippen MR) is 80.9 cm³/mol. The molecule has 1 aliphatic heterocycles. The van der Waals surface area contributed by atoms with Gasteiger partial charge in [0.15, 0.2) is 0 Å². The number of nitrogens with two attached hydrogens (primary N) is 1. The lowest BCUT2D eigenvalue weighted by Gasteiger charge is -2.11. The summed E-state index contributed by atoms with van der Waals surface area (Å²) in [4.78, 5) is 11.9. The first-order chi connectivity index (χ1) is 8.16. The number of thioether (sulfide) groups is 1. The quantitative estimate of drug-likeness (QED) is 0.844. The summed E-state index contributed by atoms with van der Waals surface area (Å²) in [5, 5.41) is 3.87. The molecule has 1 aromatic rings. The summed E-state index contributed by atoms with van der Waals surface area (Å²) in [5.74, 6) is 1.07. The van der Waals surface area contributed by atoms with E-state index in [0.717, 1.165) is 0 Å². The molecule has 1 fully saturated rings. The third-order valence-electron chi connectivity index (χ3n) is 2.75. The Kier molecular flexibility index (Phi) is 6.12. The number of benzene rings is 1. The molecule has 100 valence electrons. The maximum Gasteiger partial charge on any atom is 0.252 e. The fraction of sp³-hybridized carbons (Fsp3) is 0.417.